The van der Waals surface area contributed by atoms with Crippen LogP contribution in [0.4, 0.5) is 0 Å². The zero-order chi connectivity index (χ0) is 13.1. The Morgan fingerprint density at radius 1 is 1.06 bits per heavy atom. The summed E-state index contributed by atoms with van der Waals surface area (Å²) in [5.74, 6) is 5.16. The maximum Gasteiger partial charge on any atom is 0.202 e. The van der Waals surface area contributed by atoms with E-state index in [-0.39, 0.29) is 11.6 Å². The summed E-state index contributed by atoms with van der Waals surface area (Å²) >= 11 is 0. The van der Waals surface area contributed by atoms with Crippen LogP contribution in [0.5, 0.6) is 0 Å². The van der Waals surface area contributed by atoms with Crippen LogP contribution in [0, 0.1) is 11.8 Å². The van der Waals surface area contributed by atoms with E-state index in [0.29, 0.717) is 11.1 Å². The van der Waals surface area contributed by atoms with Crippen molar-refractivity contribution in [3.05, 3.63) is 47.5 Å². The predicted octanol–water partition coefficient (Wildman–Crippen LogP) is 2.98. The van der Waals surface area contributed by atoms with E-state index in [2.05, 4.69) is 11.8 Å². The number of ketones is 2. The van der Waals surface area contributed by atoms with Gasteiger partial charge in [0.1, 0.15) is 0 Å². The van der Waals surface area contributed by atoms with Gasteiger partial charge in [-0.3, -0.25) is 9.59 Å². The summed E-state index contributed by atoms with van der Waals surface area (Å²) in [5.41, 5.74) is 1.33. The highest BCUT2D eigenvalue weighted by molar-refractivity contribution is 6.01. The molecule has 0 aliphatic heterocycles. The van der Waals surface area contributed by atoms with E-state index in [1.807, 2.05) is 30.3 Å². The molecule has 0 aromatic heterocycles. The summed E-state index contributed by atoms with van der Waals surface area (Å²) < 4.78 is 0. The third-order valence-electron chi connectivity index (χ3n) is 2.64. The highest BCUT2D eigenvalue weighted by Gasteiger charge is 2.05. The summed E-state index contributed by atoms with van der Waals surface area (Å²) in [7, 11) is 0. The van der Waals surface area contributed by atoms with Gasteiger partial charge in [0, 0.05) is 18.1 Å². The molecule has 0 atom stereocenters. The van der Waals surface area contributed by atoms with Crippen LogP contribution in [-0.2, 0) is 4.79 Å². The molecule has 2 aromatic carbocycles. The minimum absolute atomic E-state index is 0.00775. The predicted molar refractivity (Wildman–Crippen MR) is 71.5 cm³/mol. The van der Waals surface area contributed by atoms with Crippen LogP contribution < -0.4 is 0 Å². The minimum Gasteiger partial charge on any atom is -0.295 e. The van der Waals surface area contributed by atoms with Crippen LogP contribution in [0.15, 0.2) is 36.4 Å². The van der Waals surface area contributed by atoms with E-state index in [9.17, 15) is 9.59 Å². The van der Waals surface area contributed by atoms with Gasteiger partial charge >= 0.3 is 0 Å². The Hall–Kier alpha value is -2.40. The van der Waals surface area contributed by atoms with Crippen molar-refractivity contribution in [3.63, 3.8) is 0 Å². The number of hydrogen-bond acceptors (Lipinski definition) is 2. The molecule has 2 aromatic rings. The first-order chi connectivity index (χ1) is 8.58. The monoisotopic (exact) mass is 236 g/mol. The smallest absolute Gasteiger partial charge is 0.202 e. The van der Waals surface area contributed by atoms with Crippen LogP contribution in [0.2, 0.25) is 0 Å². The van der Waals surface area contributed by atoms with Crippen LogP contribution in [0.1, 0.15) is 29.8 Å². The van der Waals surface area contributed by atoms with Crippen LogP contribution in [-0.4, -0.2) is 11.6 Å². The Kier molecular flexibility index (Phi) is 3.25. The molecule has 88 valence electrons. The molecule has 2 rings (SSSR count). The van der Waals surface area contributed by atoms with Crippen LogP contribution in [0.3, 0.4) is 0 Å². The molecule has 0 saturated carbocycles. The van der Waals surface area contributed by atoms with Crippen LogP contribution in [0.25, 0.3) is 10.8 Å². The fraction of sp³-hybridized carbons (Fsp3) is 0.125. The van der Waals surface area contributed by atoms with Gasteiger partial charge in [0.05, 0.1) is 0 Å². The van der Waals surface area contributed by atoms with Gasteiger partial charge in [-0.15, -0.1) is 0 Å². The molecular formula is C16H12O2. The van der Waals surface area contributed by atoms with Gasteiger partial charge in [0.2, 0.25) is 5.78 Å². The average Bonchev–Trinajstić information content (AvgIpc) is 2.35. The second-order valence-electron chi connectivity index (χ2n) is 4.11. The van der Waals surface area contributed by atoms with E-state index in [1.165, 1.54) is 13.8 Å². The van der Waals surface area contributed by atoms with Crippen molar-refractivity contribution in [2.45, 2.75) is 13.8 Å². The Balaban J connectivity index is 2.73. The second-order valence-corrected chi connectivity index (χ2v) is 4.11. The molecule has 0 aliphatic rings. The van der Waals surface area contributed by atoms with Crippen molar-refractivity contribution in [1.29, 1.82) is 0 Å². The molecule has 0 bridgehead atoms. The third-order valence-corrected chi connectivity index (χ3v) is 2.64. The first-order valence-corrected chi connectivity index (χ1v) is 5.64. The van der Waals surface area contributed by atoms with Crippen molar-refractivity contribution in [1.82, 2.24) is 0 Å². The lowest BCUT2D eigenvalue weighted by atomic mass is 9.99. The molecule has 0 N–H and O–H groups in total. The van der Waals surface area contributed by atoms with Gasteiger partial charge in [0.25, 0.3) is 0 Å². The minimum atomic E-state index is -0.188. The first kappa shape index (κ1) is 12.1. The fourth-order valence-corrected chi connectivity index (χ4v) is 1.77. The molecule has 2 heteroatoms. The summed E-state index contributed by atoms with van der Waals surface area (Å²) in [5, 5.41) is 1.91. The zero-order valence-electron chi connectivity index (χ0n) is 10.3. The van der Waals surface area contributed by atoms with Crippen molar-refractivity contribution in [2.75, 3.05) is 0 Å². The Morgan fingerprint density at radius 3 is 2.44 bits per heavy atom. The number of carbonyl (C=O) groups excluding carboxylic acids is 2. The van der Waals surface area contributed by atoms with Crippen LogP contribution >= 0.6 is 0 Å². The summed E-state index contributed by atoms with van der Waals surface area (Å²) in [6.45, 7) is 2.94. The number of hydrogen-bond donors (Lipinski definition) is 0. The number of rotatable bonds is 1. The lowest BCUT2D eigenvalue weighted by Crippen LogP contribution is -1.94. The van der Waals surface area contributed by atoms with Gasteiger partial charge < -0.3 is 0 Å². The Labute approximate surface area is 106 Å². The quantitative estimate of drug-likeness (QED) is 0.563. The van der Waals surface area contributed by atoms with Crippen molar-refractivity contribution in [2.24, 2.45) is 0 Å². The topological polar surface area (TPSA) is 34.1 Å². The molecule has 18 heavy (non-hydrogen) atoms. The Bertz CT molecular complexity index is 700. The summed E-state index contributed by atoms with van der Waals surface area (Å²) in [4.78, 5) is 22.4. The Morgan fingerprint density at radius 2 is 1.78 bits per heavy atom. The lowest BCUT2D eigenvalue weighted by Gasteiger charge is -2.03. The average molecular weight is 236 g/mol. The molecule has 2 nitrogen and oxygen atoms in total. The number of fused-ring (bicyclic) bond motifs is 1. The SMILES string of the molecule is CC(=O)C#Cc1cc(C(C)=O)cc2ccccc12. The lowest BCUT2D eigenvalue weighted by molar-refractivity contribution is -0.111. The van der Waals surface area contributed by atoms with E-state index < -0.39 is 0 Å². The third kappa shape index (κ3) is 2.46. The molecule has 0 radical (unpaired) electrons. The van der Waals surface area contributed by atoms with Gasteiger partial charge in [0.15, 0.2) is 5.78 Å². The zero-order valence-corrected chi connectivity index (χ0v) is 10.3. The molecule has 0 fully saturated rings. The maximum absolute atomic E-state index is 11.5. The molecule has 0 heterocycles. The van der Waals surface area contributed by atoms with Crippen molar-refractivity contribution >= 4 is 22.3 Å². The normalized spacial score (nSPS) is 9.67. The van der Waals surface area contributed by atoms with Crippen molar-refractivity contribution < 1.29 is 9.59 Å². The molecule has 0 unspecified atom stereocenters. The molecule has 0 saturated heterocycles. The van der Waals surface area contributed by atoms with E-state index in [4.69, 9.17) is 0 Å². The standard InChI is InChI=1S/C16H12O2/c1-11(17)7-8-14-10-15(12(2)18)9-13-5-3-4-6-16(13)14/h3-6,9-10H,1-2H3. The van der Waals surface area contributed by atoms with Gasteiger partial charge in [-0.2, -0.15) is 0 Å². The molecule has 0 spiro atoms. The van der Waals surface area contributed by atoms with Crippen molar-refractivity contribution in [3.8, 4) is 11.8 Å². The highest BCUT2D eigenvalue weighted by atomic mass is 16.1. The number of carbonyl (C=O) groups is 2. The fourth-order valence-electron chi connectivity index (χ4n) is 1.77. The molecule has 0 aliphatic carbocycles. The highest BCUT2D eigenvalue weighted by Crippen LogP contribution is 2.20. The number of Topliss-reactive ketones (excluding diaryl/α,β-unsaturated/α-hetero) is 2. The summed E-state index contributed by atoms with van der Waals surface area (Å²) in [6.07, 6.45) is 0. The molecule has 0 amide bonds. The van der Waals surface area contributed by atoms with E-state index in [0.717, 1.165) is 10.8 Å². The largest absolute Gasteiger partial charge is 0.295 e. The molecular weight excluding hydrogens is 224 g/mol. The first-order valence-electron chi connectivity index (χ1n) is 5.64. The maximum atomic E-state index is 11.5. The summed E-state index contributed by atoms with van der Waals surface area (Å²) in [6, 6.07) is 11.3. The van der Waals surface area contributed by atoms with Gasteiger partial charge in [-0.05, 0) is 35.7 Å². The van der Waals surface area contributed by atoms with Gasteiger partial charge in [-0.1, -0.05) is 30.2 Å². The van der Waals surface area contributed by atoms with E-state index >= 15 is 0 Å². The second kappa shape index (κ2) is 4.85. The number of benzene rings is 2. The van der Waals surface area contributed by atoms with E-state index in [1.54, 1.807) is 6.07 Å². The van der Waals surface area contributed by atoms with Gasteiger partial charge in [-0.25, -0.2) is 0 Å².